The van der Waals surface area contributed by atoms with Gasteiger partial charge < -0.3 is 9.47 Å². The van der Waals surface area contributed by atoms with Crippen LogP contribution in [0.2, 0.25) is 5.02 Å². The van der Waals surface area contributed by atoms with Crippen molar-refractivity contribution in [2.75, 3.05) is 13.7 Å². The van der Waals surface area contributed by atoms with E-state index in [0.717, 1.165) is 11.1 Å². The first-order valence-corrected chi connectivity index (χ1v) is 9.76. The summed E-state index contributed by atoms with van der Waals surface area (Å²) in [5, 5.41) is 8.87. The van der Waals surface area contributed by atoms with Gasteiger partial charge in [0, 0.05) is 10.6 Å². The van der Waals surface area contributed by atoms with Gasteiger partial charge in [-0.05, 0) is 42.8 Å². The highest BCUT2D eigenvalue weighted by atomic mass is 35.5. The molecule has 0 aliphatic heterocycles. The fourth-order valence-electron chi connectivity index (χ4n) is 2.88. The summed E-state index contributed by atoms with van der Waals surface area (Å²) in [5.74, 6) is 1.76. The smallest absolute Gasteiger partial charge is 0.276 e. The summed E-state index contributed by atoms with van der Waals surface area (Å²) in [6.07, 6.45) is 1.81. The van der Waals surface area contributed by atoms with Crippen molar-refractivity contribution < 1.29 is 9.47 Å². The van der Waals surface area contributed by atoms with E-state index in [0.29, 0.717) is 38.4 Å². The number of halogens is 1. The van der Waals surface area contributed by atoms with Crippen molar-refractivity contribution in [2.24, 2.45) is 0 Å². The fraction of sp³-hybridized carbons (Fsp3) is 0.150. The fourth-order valence-corrected chi connectivity index (χ4v) is 3.98. The zero-order valence-electron chi connectivity index (χ0n) is 15.2. The van der Waals surface area contributed by atoms with E-state index < -0.39 is 0 Å². The Labute approximate surface area is 169 Å². The maximum atomic E-state index is 13.0. The van der Waals surface area contributed by atoms with Gasteiger partial charge in [-0.2, -0.15) is 0 Å². The first-order valence-electron chi connectivity index (χ1n) is 8.57. The van der Waals surface area contributed by atoms with Crippen LogP contribution < -0.4 is 19.6 Å². The van der Waals surface area contributed by atoms with Crippen molar-refractivity contribution >= 4 is 34.0 Å². The first kappa shape index (κ1) is 18.5. The van der Waals surface area contributed by atoms with Crippen molar-refractivity contribution in [3.8, 4) is 22.9 Å². The van der Waals surface area contributed by atoms with Gasteiger partial charge in [-0.25, -0.2) is 4.40 Å². The molecule has 0 aliphatic rings. The molecule has 0 radical (unpaired) electrons. The SMILES string of the molecule is CCOc1ccc(C=c2sc3nnc(-c4cccc(Cl)c4)n3c2=O)cc1OC. The molecule has 0 aliphatic carbocycles. The van der Waals surface area contributed by atoms with Crippen LogP contribution in [-0.4, -0.2) is 28.3 Å². The second-order valence-corrected chi connectivity index (χ2v) is 7.36. The Bertz CT molecular complexity index is 1270. The molecule has 0 unspecified atom stereocenters. The molecule has 0 amide bonds. The highest BCUT2D eigenvalue weighted by Gasteiger charge is 2.14. The summed E-state index contributed by atoms with van der Waals surface area (Å²) in [5.41, 5.74) is 1.40. The molecular formula is C20H16ClN3O3S. The summed E-state index contributed by atoms with van der Waals surface area (Å²) >= 11 is 7.35. The molecule has 142 valence electrons. The lowest BCUT2D eigenvalue weighted by Crippen LogP contribution is -2.23. The number of hydrogen-bond acceptors (Lipinski definition) is 6. The predicted octanol–water partition coefficient (Wildman–Crippen LogP) is 3.43. The minimum atomic E-state index is -0.173. The van der Waals surface area contributed by atoms with E-state index in [9.17, 15) is 4.79 Å². The Morgan fingerprint density at radius 1 is 1.18 bits per heavy atom. The number of nitrogens with zero attached hydrogens (tertiary/aromatic N) is 3. The van der Waals surface area contributed by atoms with Crippen molar-refractivity contribution in [1.82, 2.24) is 14.6 Å². The van der Waals surface area contributed by atoms with Crippen LogP contribution in [0.5, 0.6) is 11.5 Å². The molecule has 2 heterocycles. The Balaban J connectivity index is 1.82. The van der Waals surface area contributed by atoms with Gasteiger partial charge in [0.2, 0.25) is 4.96 Å². The van der Waals surface area contributed by atoms with Crippen molar-refractivity contribution in [1.29, 1.82) is 0 Å². The van der Waals surface area contributed by atoms with Gasteiger partial charge in [-0.1, -0.05) is 41.1 Å². The summed E-state index contributed by atoms with van der Waals surface area (Å²) in [7, 11) is 1.59. The minimum Gasteiger partial charge on any atom is -0.493 e. The highest BCUT2D eigenvalue weighted by molar-refractivity contribution is 7.15. The third kappa shape index (κ3) is 3.34. The van der Waals surface area contributed by atoms with Crippen molar-refractivity contribution in [2.45, 2.75) is 6.92 Å². The zero-order valence-corrected chi connectivity index (χ0v) is 16.8. The Morgan fingerprint density at radius 2 is 2.04 bits per heavy atom. The molecule has 0 saturated carbocycles. The molecule has 4 rings (SSSR count). The monoisotopic (exact) mass is 413 g/mol. The molecule has 8 heteroatoms. The number of benzene rings is 2. The third-order valence-electron chi connectivity index (χ3n) is 4.12. The van der Waals surface area contributed by atoms with Crippen LogP contribution >= 0.6 is 22.9 Å². The third-order valence-corrected chi connectivity index (χ3v) is 5.31. The number of rotatable bonds is 5. The number of ether oxygens (including phenoxy) is 2. The van der Waals surface area contributed by atoms with Gasteiger partial charge in [0.25, 0.3) is 5.56 Å². The molecule has 0 saturated heterocycles. The first-order chi connectivity index (χ1) is 13.6. The lowest BCUT2D eigenvalue weighted by atomic mass is 10.2. The van der Waals surface area contributed by atoms with E-state index in [1.54, 1.807) is 19.2 Å². The van der Waals surface area contributed by atoms with Crippen LogP contribution in [0.25, 0.3) is 22.4 Å². The van der Waals surface area contributed by atoms with Gasteiger partial charge in [0.1, 0.15) is 0 Å². The molecule has 0 spiro atoms. The molecule has 28 heavy (non-hydrogen) atoms. The predicted molar refractivity (Wildman–Crippen MR) is 111 cm³/mol. The van der Waals surface area contributed by atoms with E-state index in [2.05, 4.69) is 10.2 Å². The molecule has 0 atom stereocenters. The molecule has 4 aromatic rings. The maximum absolute atomic E-state index is 13.0. The summed E-state index contributed by atoms with van der Waals surface area (Å²) < 4.78 is 13.0. The molecule has 0 N–H and O–H groups in total. The van der Waals surface area contributed by atoms with Crippen LogP contribution in [0, 0.1) is 0 Å². The van der Waals surface area contributed by atoms with Crippen LogP contribution in [0.1, 0.15) is 12.5 Å². The average molecular weight is 414 g/mol. The molecule has 2 aromatic carbocycles. The molecule has 0 bridgehead atoms. The normalized spacial score (nSPS) is 11.9. The second kappa shape index (κ2) is 7.61. The lowest BCUT2D eigenvalue weighted by molar-refractivity contribution is 0.311. The van der Waals surface area contributed by atoms with Gasteiger partial charge in [-0.3, -0.25) is 4.79 Å². The molecular weight excluding hydrogens is 398 g/mol. The number of aromatic nitrogens is 3. The Kier molecular flexibility index (Phi) is 5.02. The van der Waals surface area contributed by atoms with Crippen LogP contribution in [0.15, 0.2) is 47.3 Å². The molecule has 0 fully saturated rings. The minimum absolute atomic E-state index is 0.173. The van der Waals surface area contributed by atoms with Gasteiger partial charge in [-0.15, -0.1) is 10.2 Å². The molecule has 2 aromatic heterocycles. The number of fused-ring (bicyclic) bond motifs is 1. The summed E-state index contributed by atoms with van der Waals surface area (Å²) in [6, 6.07) is 12.7. The van der Waals surface area contributed by atoms with Crippen LogP contribution in [-0.2, 0) is 0 Å². The average Bonchev–Trinajstić information content (AvgIpc) is 3.24. The second-order valence-electron chi connectivity index (χ2n) is 5.91. The van der Waals surface area contributed by atoms with Crippen LogP contribution in [0.4, 0.5) is 0 Å². The highest BCUT2D eigenvalue weighted by Crippen LogP contribution is 2.28. The Hall–Kier alpha value is -2.90. The Morgan fingerprint density at radius 3 is 2.79 bits per heavy atom. The summed E-state index contributed by atoms with van der Waals surface area (Å²) in [6.45, 7) is 2.46. The standard InChI is InChI=1S/C20H16ClN3O3S/c1-3-27-15-8-7-12(9-16(15)26-2)10-17-19(25)24-18(22-23-20(24)28-17)13-5-4-6-14(21)11-13/h4-11H,3H2,1-2H3. The van der Waals surface area contributed by atoms with Crippen molar-refractivity contribution in [3.05, 3.63) is 67.9 Å². The maximum Gasteiger partial charge on any atom is 0.276 e. The van der Waals surface area contributed by atoms with Gasteiger partial charge >= 0.3 is 0 Å². The van der Waals surface area contributed by atoms with E-state index in [1.165, 1.54) is 15.7 Å². The number of thiazole rings is 1. The number of hydrogen-bond donors (Lipinski definition) is 0. The van der Waals surface area contributed by atoms with E-state index >= 15 is 0 Å². The topological polar surface area (TPSA) is 65.7 Å². The van der Waals surface area contributed by atoms with E-state index in [4.69, 9.17) is 21.1 Å². The van der Waals surface area contributed by atoms with Crippen molar-refractivity contribution in [3.63, 3.8) is 0 Å². The lowest BCUT2D eigenvalue weighted by Gasteiger charge is -2.09. The van der Waals surface area contributed by atoms with Gasteiger partial charge in [0.15, 0.2) is 17.3 Å². The zero-order chi connectivity index (χ0) is 19.7. The molecule has 6 nitrogen and oxygen atoms in total. The number of methoxy groups -OCH3 is 1. The summed E-state index contributed by atoms with van der Waals surface area (Å²) in [4.78, 5) is 13.5. The van der Waals surface area contributed by atoms with E-state index in [-0.39, 0.29) is 5.56 Å². The van der Waals surface area contributed by atoms with Crippen LogP contribution in [0.3, 0.4) is 0 Å². The largest absolute Gasteiger partial charge is 0.493 e. The van der Waals surface area contributed by atoms with E-state index in [1.807, 2.05) is 43.3 Å². The quantitative estimate of drug-likeness (QED) is 0.501. The van der Waals surface area contributed by atoms with Gasteiger partial charge in [0.05, 0.1) is 18.2 Å².